The fraction of sp³-hybridized carbons (Fsp3) is 0.769. The molecule has 7 heteroatoms. The lowest BCUT2D eigenvalue weighted by Crippen LogP contribution is -2.48. The van der Waals surface area contributed by atoms with E-state index in [1.165, 1.54) is 4.90 Å². The van der Waals surface area contributed by atoms with Gasteiger partial charge in [-0.3, -0.25) is 14.4 Å². The number of hydrogen-bond acceptors (Lipinski definition) is 4. The van der Waals surface area contributed by atoms with Gasteiger partial charge in [-0.05, 0) is 26.2 Å². The topological polar surface area (TPSA) is 75.7 Å². The number of halogens is 1. The molecule has 1 rings (SSSR count). The molecule has 1 fully saturated rings. The van der Waals surface area contributed by atoms with Gasteiger partial charge in [0.2, 0.25) is 0 Å². The second kappa shape index (κ2) is 8.79. The Morgan fingerprint density at radius 2 is 2.15 bits per heavy atom. The van der Waals surface area contributed by atoms with Gasteiger partial charge in [0.05, 0.1) is 12.5 Å². The molecule has 20 heavy (non-hydrogen) atoms. The summed E-state index contributed by atoms with van der Waals surface area (Å²) in [5, 5.41) is 2.52. The van der Waals surface area contributed by atoms with Crippen LogP contribution in [0, 0.1) is 5.92 Å². The van der Waals surface area contributed by atoms with Gasteiger partial charge in [-0.15, -0.1) is 11.6 Å². The summed E-state index contributed by atoms with van der Waals surface area (Å²) in [6.45, 7) is 3.19. The van der Waals surface area contributed by atoms with Gasteiger partial charge in [0.15, 0.2) is 0 Å². The molecule has 114 valence electrons. The van der Waals surface area contributed by atoms with Crippen LogP contribution in [0.25, 0.3) is 0 Å². The van der Waals surface area contributed by atoms with E-state index >= 15 is 0 Å². The summed E-state index contributed by atoms with van der Waals surface area (Å²) in [4.78, 5) is 36.7. The van der Waals surface area contributed by atoms with Crippen LogP contribution >= 0.6 is 11.6 Å². The molecule has 0 bridgehead atoms. The van der Waals surface area contributed by atoms with Crippen molar-refractivity contribution in [3.05, 3.63) is 0 Å². The largest absolute Gasteiger partial charge is 0.466 e. The number of esters is 1. The highest BCUT2D eigenvalue weighted by Crippen LogP contribution is 2.18. The number of nitrogens with one attached hydrogen (secondary N) is 1. The van der Waals surface area contributed by atoms with E-state index in [0.717, 1.165) is 0 Å². The first kappa shape index (κ1) is 16.8. The van der Waals surface area contributed by atoms with Gasteiger partial charge in [0.1, 0.15) is 0 Å². The summed E-state index contributed by atoms with van der Waals surface area (Å²) in [5.41, 5.74) is 0. The minimum absolute atomic E-state index is 0.251. The monoisotopic (exact) mass is 304 g/mol. The summed E-state index contributed by atoms with van der Waals surface area (Å²) in [6, 6.07) is 0. The highest BCUT2D eigenvalue weighted by molar-refractivity contribution is 6.35. The number of ether oxygens (including phenoxy) is 1. The van der Waals surface area contributed by atoms with Gasteiger partial charge >= 0.3 is 17.8 Å². The van der Waals surface area contributed by atoms with Crippen LogP contribution in [0.2, 0.25) is 0 Å². The van der Waals surface area contributed by atoms with E-state index < -0.39 is 11.8 Å². The molecule has 6 nitrogen and oxygen atoms in total. The second-order valence-electron chi connectivity index (χ2n) is 4.64. The number of nitrogens with zero attached hydrogens (tertiary/aromatic N) is 1. The molecule has 0 spiro atoms. The lowest BCUT2D eigenvalue weighted by atomic mass is 9.98. The zero-order valence-corrected chi connectivity index (χ0v) is 12.4. The molecular weight excluding hydrogens is 284 g/mol. The van der Waals surface area contributed by atoms with E-state index in [2.05, 4.69) is 5.32 Å². The summed E-state index contributed by atoms with van der Waals surface area (Å²) < 4.78 is 4.96. The molecular formula is C13H21ClN2O4. The highest BCUT2D eigenvalue weighted by atomic mass is 35.5. The Morgan fingerprint density at radius 1 is 1.40 bits per heavy atom. The van der Waals surface area contributed by atoms with Crippen molar-refractivity contribution in [2.75, 3.05) is 32.1 Å². The van der Waals surface area contributed by atoms with Crippen LogP contribution in [0.15, 0.2) is 0 Å². The fourth-order valence-electron chi connectivity index (χ4n) is 2.10. The molecule has 1 aliphatic heterocycles. The van der Waals surface area contributed by atoms with Crippen molar-refractivity contribution in [1.82, 2.24) is 10.2 Å². The van der Waals surface area contributed by atoms with Gasteiger partial charge in [-0.25, -0.2) is 0 Å². The number of carbonyl (C=O) groups is 3. The third kappa shape index (κ3) is 5.00. The first-order chi connectivity index (χ1) is 9.60. The Balaban J connectivity index is 2.47. The van der Waals surface area contributed by atoms with Gasteiger partial charge in [-0.1, -0.05) is 0 Å². The van der Waals surface area contributed by atoms with E-state index in [0.29, 0.717) is 44.8 Å². The van der Waals surface area contributed by atoms with Crippen LogP contribution in [0.3, 0.4) is 0 Å². The molecule has 1 N–H and O–H groups in total. The van der Waals surface area contributed by atoms with Crippen LogP contribution in [-0.2, 0) is 19.1 Å². The minimum Gasteiger partial charge on any atom is -0.466 e. The van der Waals surface area contributed by atoms with Crippen molar-refractivity contribution in [3.63, 3.8) is 0 Å². The number of hydrogen-bond donors (Lipinski definition) is 1. The number of carbonyl (C=O) groups excluding carboxylic acids is 3. The van der Waals surface area contributed by atoms with Gasteiger partial charge in [-0.2, -0.15) is 0 Å². The van der Waals surface area contributed by atoms with Crippen molar-refractivity contribution >= 4 is 29.4 Å². The molecule has 1 heterocycles. The average molecular weight is 305 g/mol. The third-order valence-corrected chi connectivity index (χ3v) is 3.39. The number of amides is 2. The third-order valence-electron chi connectivity index (χ3n) is 3.12. The molecule has 1 atom stereocenters. The van der Waals surface area contributed by atoms with Crippen molar-refractivity contribution in [3.8, 4) is 0 Å². The van der Waals surface area contributed by atoms with E-state index in [4.69, 9.17) is 16.3 Å². The summed E-state index contributed by atoms with van der Waals surface area (Å²) in [6.07, 6.45) is 2.01. The van der Waals surface area contributed by atoms with Gasteiger partial charge < -0.3 is 15.0 Å². The summed E-state index contributed by atoms with van der Waals surface area (Å²) >= 11 is 5.50. The quantitative estimate of drug-likeness (QED) is 0.348. The van der Waals surface area contributed by atoms with E-state index in [1.54, 1.807) is 6.92 Å². The molecule has 0 aromatic heterocycles. The highest BCUT2D eigenvalue weighted by Gasteiger charge is 2.31. The Morgan fingerprint density at radius 3 is 2.80 bits per heavy atom. The van der Waals surface area contributed by atoms with Crippen LogP contribution in [0.4, 0.5) is 0 Å². The molecule has 0 aromatic carbocycles. The molecule has 0 saturated carbocycles. The van der Waals surface area contributed by atoms with Gasteiger partial charge in [0.25, 0.3) is 0 Å². The Hall–Kier alpha value is -1.30. The number of rotatable bonds is 5. The average Bonchev–Trinajstić information content (AvgIpc) is 2.47. The molecule has 2 amide bonds. The van der Waals surface area contributed by atoms with Crippen molar-refractivity contribution < 1.29 is 19.1 Å². The maximum Gasteiger partial charge on any atom is 0.311 e. The summed E-state index contributed by atoms with van der Waals surface area (Å²) in [7, 11) is 0. The molecule has 1 unspecified atom stereocenters. The predicted molar refractivity (Wildman–Crippen MR) is 74.3 cm³/mol. The standard InChI is InChI=1S/C13H21ClN2O4/c1-2-20-13(19)10-5-3-8-16(9-10)12(18)11(17)15-7-4-6-14/h10H,2-9H2,1H3,(H,15,17). The Kier molecular flexibility index (Phi) is 7.36. The number of alkyl halides is 1. The zero-order valence-electron chi connectivity index (χ0n) is 11.7. The molecule has 0 radical (unpaired) electrons. The lowest BCUT2D eigenvalue weighted by Gasteiger charge is -2.30. The first-order valence-corrected chi connectivity index (χ1v) is 7.43. The minimum atomic E-state index is -0.639. The van der Waals surface area contributed by atoms with Gasteiger partial charge in [0, 0.05) is 25.5 Å². The maximum atomic E-state index is 11.9. The van der Waals surface area contributed by atoms with Crippen LogP contribution in [0.5, 0.6) is 0 Å². The maximum absolute atomic E-state index is 11.9. The molecule has 0 aromatic rings. The normalized spacial score (nSPS) is 18.5. The van der Waals surface area contributed by atoms with Crippen LogP contribution < -0.4 is 5.32 Å². The number of piperidine rings is 1. The van der Waals surface area contributed by atoms with Crippen molar-refractivity contribution in [1.29, 1.82) is 0 Å². The molecule has 1 saturated heterocycles. The van der Waals surface area contributed by atoms with Crippen LogP contribution in [0.1, 0.15) is 26.2 Å². The lowest BCUT2D eigenvalue weighted by molar-refractivity contribution is -0.154. The fourth-order valence-corrected chi connectivity index (χ4v) is 2.24. The van der Waals surface area contributed by atoms with Crippen molar-refractivity contribution in [2.24, 2.45) is 5.92 Å². The van der Waals surface area contributed by atoms with Crippen molar-refractivity contribution in [2.45, 2.75) is 26.2 Å². The predicted octanol–water partition coefficient (Wildman–Crippen LogP) is 0.533. The SMILES string of the molecule is CCOC(=O)C1CCCN(C(=O)C(=O)NCCCCl)C1. The van der Waals surface area contributed by atoms with E-state index in [9.17, 15) is 14.4 Å². The second-order valence-corrected chi connectivity index (χ2v) is 5.02. The molecule has 0 aliphatic carbocycles. The van der Waals surface area contributed by atoms with E-state index in [1.807, 2.05) is 0 Å². The Bertz CT molecular complexity index is 362. The molecule has 1 aliphatic rings. The first-order valence-electron chi connectivity index (χ1n) is 6.89. The smallest absolute Gasteiger partial charge is 0.311 e. The zero-order chi connectivity index (χ0) is 15.0. The van der Waals surface area contributed by atoms with E-state index in [-0.39, 0.29) is 18.4 Å². The summed E-state index contributed by atoms with van der Waals surface area (Å²) in [5.74, 6) is -1.42. The number of likely N-dealkylation sites (tertiary alicyclic amines) is 1. The van der Waals surface area contributed by atoms with Crippen LogP contribution in [-0.4, -0.2) is 54.8 Å². The Labute approximate surface area is 123 Å².